The molecule has 0 aliphatic heterocycles. The summed E-state index contributed by atoms with van der Waals surface area (Å²) in [5.74, 6) is 0. The minimum atomic E-state index is 0.388. The molecule has 1 aromatic carbocycles. The molecule has 2 rings (SSSR count). The van der Waals surface area contributed by atoms with Gasteiger partial charge < -0.3 is 5.32 Å². The zero-order valence-corrected chi connectivity index (χ0v) is 14.1. The van der Waals surface area contributed by atoms with Gasteiger partial charge >= 0.3 is 0 Å². The van der Waals surface area contributed by atoms with Crippen molar-refractivity contribution in [3.05, 3.63) is 55.7 Å². The van der Waals surface area contributed by atoms with E-state index in [-0.39, 0.29) is 0 Å². The molecule has 0 saturated carbocycles. The zero-order valence-electron chi connectivity index (χ0n) is 11.7. The van der Waals surface area contributed by atoms with Crippen molar-refractivity contribution < 1.29 is 0 Å². The molecule has 0 fully saturated rings. The number of benzene rings is 1. The molecule has 0 amide bonds. The molecule has 1 aromatic heterocycles. The van der Waals surface area contributed by atoms with E-state index in [0.717, 1.165) is 13.0 Å². The smallest absolute Gasteiger partial charge is 0.0369 e. The first-order valence-electron chi connectivity index (χ1n) is 6.63. The minimum Gasteiger partial charge on any atom is -0.310 e. The standard InChI is InChI=1S/C16H20BrNS/c1-4-18-15(10-16-14(17)5-6-19-16)13-8-11(2)7-12(3)9-13/h5-9,15,18H,4,10H2,1-3H3. The molecular weight excluding hydrogens is 318 g/mol. The predicted octanol–water partition coefficient (Wildman–Crippen LogP) is 5.02. The van der Waals surface area contributed by atoms with Crippen LogP contribution in [0.5, 0.6) is 0 Å². The van der Waals surface area contributed by atoms with Crippen molar-refractivity contribution in [1.82, 2.24) is 5.32 Å². The van der Waals surface area contributed by atoms with E-state index < -0.39 is 0 Å². The highest BCUT2D eigenvalue weighted by molar-refractivity contribution is 9.10. The van der Waals surface area contributed by atoms with Gasteiger partial charge in [-0.1, -0.05) is 36.2 Å². The second-order valence-electron chi connectivity index (χ2n) is 4.93. The van der Waals surface area contributed by atoms with Crippen LogP contribution >= 0.6 is 27.3 Å². The highest BCUT2D eigenvalue weighted by Crippen LogP contribution is 2.29. The Labute approximate surface area is 128 Å². The summed E-state index contributed by atoms with van der Waals surface area (Å²) < 4.78 is 1.23. The molecule has 1 N–H and O–H groups in total. The van der Waals surface area contributed by atoms with E-state index in [2.05, 4.69) is 71.7 Å². The first kappa shape index (κ1) is 14.8. The fourth-order valence-corrected chi connectivity index (χ4v) is 3.98. The molecule has 1 atom stereocenters. The normalized spacial score (nSPS) is 12.6. The highest BCUT2D eigenvalue weighted by Gasteiger charge is 2.14. The number of nitrogens with one attached hydrogen (secondary N) is 1. The van der Waals surface area contributed by atoms with Crippen LogP contribution in [0.15, 0.2) is 34.1 Å². The highest BCUT2D eigenvalue weighted by atomic mass is 79.9. The van der Waals surface area contributed by atoms with E-state index >= 15 is 0 Å². The van der Waals surface area contributed by atoms with Crippen LogP contribution in [0.25, 0.3) is 0 Å². The van der Waals surface area contributed by atoms with Crippen molar-refractivity contribution in [3.8, 4) is 0 Å². The van der Waals surface area contributed by atoms with Gasteiger partial charge in [-0.25, -0.2) is 0 Å². The molecule has 0 bridgehead atoms. The molecular formula is C16H20BrNS. The maximum Gasteiger partial charge on any atom is 0.0369 e. The first-order valence-corrected chi connectivity index (χ1v) is 8.31. The number of likely N-dealkylation sites (N-methyl/N-ethyl adjacent to an activating group) is 1. The lowest BCUT2D eigenvalue weighted by Gasteiger charge is -2.19. The molecule has 0 aliphatic carbocycles. The van der Waals surface area contributed by atoms with Crippen molar-refractivity contribution >= 4 is 27.3 Å². The average molecular weight is 338 g/mol. The Morgan fingerprint density at radius 1 is 1.21 bits per heavy atom. The maximum atomic E-state index is 3.63. The number of hydrogen-bond donors (Lipinski definition) is 1. The van der Waals surface area contributed by atoms with Crippen molar-refractivity contribution in [1.29, 1.82) is 0 Å². The maximum absolute atomic E-state index is 3.63. The summed E-state index contributed by atoms with van der Waals surface area (Å²) in [6, 6.07) is 9.33. The average Bonchev–Trinajstić information content (AvgIpc) is 2.73. The summed E-state index contributed by atoms with van der Waals surface area (Å²) in [7, 11) is 0. The third-order valence-corrected chi connectivity index (χ3v) is 5.13. The van der Waals surface area contributed by atoms with Crippen molar-refractivity contribution in [2.24, 2.45) is 0 Å². The topological polar surface area (TPSA) is 12.0 Å². The molecule has 0 spiro atoms. The molecule has 0 radical (unpaired) electrons. The SMILES string of the molecule is CCNC(Cc1sccc1Br)c1cc(C)cc(C)c1. The number of hydrogen-bond acceptors (Lipinski definition) is 2. The van der Waals surface area contributed by atoms with Crippen LogP contribution in [0, 0.1) is 13.8 Å². The molecule has 1 unspecified atom stereocenters. The summed E-state index contributed by atoms with van der Waals surface area (Å²) in [6.45, 7) is 7.49. The molecule has 19 heavy (non-hydrogen) atoms. The number of aryl methyl sites for hydroxylation is 2. The quantitative estimate of drug-likeness (QED) is 0.807. The van der Waals surface area contributed by atoms with Crippen LogP contribution in [-0.4, -0.2) is 6.54 Å². The second kappa shape index (κ2) is 6.69. The third kappa shape index (κ3) is 3.91. The number of rotatable bonds is 5. The van der Waals surface area contributed by atoms with Crippen LogP contribution in [-0.2, 0) is 6.42 Å². The summed E-state index contributed by atoms with van der Waals surface area (Å²) in [5.41, 5.74) is 4.06. The van der Waals surface area contributed by atoms with Crippen molar-refractivity contribution in [2.45, 2.75) is 33.2 Å². The molecule has 0 saturated heterocycles. The van der Waals surface area contributed by atoms with Crippen molar-refractivity contribution in [2.75, 3.05) is 6.54 Å². The largest absolute Gasteiger partial charge is 0.310 e. The Morgan fingerprint density at radius 2 is 1.89 bits per heavy atom. The van der Waals surface area contributed by atoms with Crippen LogP contribution in [0.4, 0.5) is 0 Å². The van der Waals surface area contributed by atoms with E-state index in [1.165, 1.54) is 26.0 Å². The number of halogens is 1. The molecule has 1 nitrogen and oxygen atoms in total. The molecule has 1 heterocycles. The lowest BCUT2D eigenvalue weighted by atomic mass is 9.98. The Morgan fingerprint density at radius 3 is 2.42 bits per heavy atom. The van der Waals surface area contributed by atoms with Gasteiger partial charge in [0, 0.05) is 21.8 Å². The van der Waals surface area contributed by atoms with Gasteiger partial charge in [0.1, 0.15) is 0 Å². The van der Waals surface area contributed by atoms with E-state index in [9.17, 15) is 0 Å². The van der Waals surface area contributed by atoms with Gasteiger partial charge in [-0.3, -0.25) is 0 Å². The second-order valence-corrected chi connectivity index (χ2v) is 6.78. The van der Waals surface area contributed by atoms with E-state index in [1.54, 1.807) is 0 Å². The van der Waals surface area contributed by atoms with Crippen LogP contribution in [0.2, 0.25) is 0 Å². The van der Waals surface area contributed by atoms with Gasteiger partial charge in [-0.15, -0.1) is 11.3 Å². The lowest BCUT2D eigenvalue weighted by Crippen LogP contribution is -2.23. The van der Waals surface area contributed by atoms with Crippen LogP contribution in [0.1, 0.15) is 34.5 Å². The van der Waals surface area contributed by atoms with E-state index in [1.807, 2.05) is 11.3 Å². The van der Waals surface area contributed by atoms with Crippen molar-refractivity contribution in [3.63, 3.8) is 0 Å². The van der Waals surface area contributed by atoms with Gasteiger partial charge in [0.25, 0.3) is 0 Å². The third-order valence-electron chi connectivity index (χ3n) is 3.18. The minimum absolute atomic E-state index is 0.388. The monoisotopic (exact) mass is 337 g/mol. The van der Waals surface area contributed by atoms with Gasteiger partial charge in [0.2, 0.25) is 0 Å². The lowest BCUT2D eigenvalue weighted by molar-refractivity contribution is 0.552. The Kier molecular flexibility index (Phi) is 5.20. The molecule has 102 valence electrons. The van der Waals surface area contributed by atoms with Crippen LogP contribution in [0.3, 0.4) is 0 Å². The van der Waals surface area contributed by atoms with E-state index in [4.69, 9.17) is 0 Å². The summed E-state index contributed by atoms with van der Waals surface area (Å²) in [5, 5.41) is 5.75. The fraction of sp³-hybridized carbons (Fsp3) is 0.375. The Bertz CT molecular complexity index is 527. The zero-order chi connectivity index (χ0) is 13.8. The fourth-order valence-electron chi connectivity index (χ4n) is 2.42. The van der Waals surface area contributed by atoms with Gasteiger partial charge in [-0.2, -0.15) is 0 Å². The number of thiophene rings is 1. The predicted molar refractivity (Wildman–Crippen MR) is 88.1 cm³/mol. The molecule has 0 aliphatic rings. The Balaban J connectivity index is 2.26. The molecule has 3 heteroatoms. The van der Waals surface area contributed by atoms with Gasteiger partial charge in [0.05, 0.1) is 0 Å². The summed E-state index contributed by atoms with van der Waals surface area (Å²) in [4.78, 5) is 1.41. The molecule has 2 aromatic rings. The first-order chi connectivity index (χ1) is 9.10. The Hall–Kier alpha value is -0.640. The van der Waals surface area contributed by atoms with Gasteiger partial charge in [0.15, 0.2) is 0 Å². The summed E-state index contributed by atoms with van der Waals surface area (Å²) >= 11 is 5.45. The van der Waals surface area contributed by atoms with E-state index in [0.29, 0.717) is 6.04 Å². The van der Waals surface area contributed by atoms with Gasteiger partial charge in [-0.05, 0) is 53.3 Å². The van der Waals surface area contributed by atoms with Crippen LogP contribution < -0.4 is 5.32 Å². The summed E-state index contributed by atoms with van der Waals surface area (Å²) in [6.07, 6.45) is 1.04.